The van der Waals surface area contributed by atoms with E-state index in [9.17, 15) is 0 Å². The summed E-state index contributed by atoms with van der Waals surface area (Å²) in [6.45, 7) is 0. The zero-order valence-corrected chi connectivity index (χ0v) is 28.3. The number of nitrogens with one attached hydrogen (secondary N) is 1. The fraction of sp³-hybridized carbons (Fsp3) is 0.0222. The molecule has 1 aromatic heterocycles. The molecule has 5 aromatic rings. The lowest BCUT2D eigenvalue weighted by molar-refractivity contribution is 1.26. The second-order valence-electron chi connectivity index (χ2n) is 13.1. The summed E-state index contributed by atoms with van der Waals surface area (Å²) in [5, 5.41) is 0. The molecule has 52 heavy (non-hydrogen) atoms. The van der Waals surface area contributed by atoms with Crippen LogP contribution in [0.1, 0.15) is 40.1 Å². The van der Waals surface area contributed by atoms with Crippen LogP contribution in [0.4, 0.5) is 22.7 Å². The largest absolute Gasteiger partial charge is 0.398 e. The number of allylic oxidation sites excluding steroid dienone is 10. The Morgan fingerprint density at radius 1 is 0.385 bits per heavy atom. The number of anilines is 4. The van der Waals surface area contributed by atoms with Gasteiger partial charge in [0.05, 0.1) is 22.8 Å². The fourth-order valence-electron chi connectivity index (χ4n) is 7.53. The highest BCUT2D eigenvalue weighted by molar-refractivity contribution is 6.35. The second-order valence-corrected chi connectivity index (χ2v) is 13.1. The average molecular weight is 674 g/mol. The number of aliphatic imine (C=N–C) groups is 2. The van der Waals surface area contributed by atoms with E-state index in [1.807, 2.05) is 84.9 Å². The highest BCUT2D eigenvalue weighted by atomic mass is 14.8. The Morgan fingerprint density at radius 2 is 0.731 bits per heavy atom. The second kappa shape index (κ2) is 12.3. The Morgan fingerprint density at radius 3 is 1.10 bits per heavy atom. The van der Waals surface area contributed by atoms with Crippen molar-refractivity contribution in [1.29, 1.82) is 0 Å². The van der Waals surface area contributed by atoms with Gasteiger partial charge in [0, 0.05) is 78.7 Å². The van der Waals surface area contributed by atoms with E-state index in [0.29, 0.717) is 29.2 Å². The molecule has 0 fully saturated rings. The SMILES string of the molecule is Nc1ccccc1C1=C2C=CC(=C(c3ccccc3N)C3=NC(=C(c4ccccc4N)c4ccc([nH]4)C(c4ccccc4N)=C4C=CC1=N4)C=C3)C2. The molecule has 8 bridgehead atoms. The molecule has 250 valence electrons. The van der Waals surface area contributed by atoms with E-state index >= 15 is 0 Å². The van der Waals surface area contributed by atoms with Crippen molar-refractivity contribution >= 4 is 56.5 Å². The lowest BCUT2D eigenvalue weighted by atomic mass is 9.90. The third-order valence-corrected chi connectivity index (χ3v) is 9.96. The number of aromatic amines is 1. The number of para-hydroxylation sites is 4. The van der Waals surface area contributed by atoms with Crippen LogP contribution in [-0.2, 0) is 0 Å². The molecule has 7 heteroatoms. The van der Waals surface area contributed by atoms with E-state index in [-0.39, 0.29) is 0 Å². The van der Waals surface area contributed by atoms with Gasteiger partial charge in [0.2, 0.25) is 0 Å². The number of fused-ring (bicyclic) bond motifs is 6. The first kappa shape index (κ1) is 30.9. The summed E-state index contributed by atoms with van der Waals surface area (Å²) in [7, 11) is 0. The highest BCUT2D eigenvalue weighted by Crippen LogP contribution is 2.43. The molecule has 0 unspecified atom stereocenters. The molecular formula is C45H35N7. The Balaban J connectivity index is 1.39. The molecule has 0 saturated heterocycles. The van der Waals surface area contributed by atoms with Crippen LogP contribution in [0.25, 0.3) is 22.3 Å². The van der Waals surface area contributed by atoms with E-state index in [2.05, 4.69) is 65.7 Å². The Labute approximate surface area is 301 Å². The van der Waals surface area contributed by atoms with Gasteiger partial charge in [-0.3, -0.25) is 0 Å². The van der Waals surface area contributed by atoms with Gasteiger partial charge >= 0.3 is 0 Å². The highest BCUT2D eigenvalue weighted by Gasteiger charge is 2.28. The summed E-state index contributed by atoms with van der Waals surface area (Å²) in [6, 6.07) is 35.8. The first-order valence-electron chi connectivity index (χ1n) is 17.2. The summed E-state index contributed by atoms with van der Waals surface area (Å²) >= 11 is 0. The van der Waals surface area contributed by atoms with Gasteiger partial charge in [-0.2, -0.15) is 0 Å². The fourth-order valence-corrected chi connectivity index (χ4v) is 7.53. The zero-order chi connectivity index (χ0) is 35.3. The summed E-state index contributed by atoms with van der Waals surface area (Å²) in [6.07, 6.45) is 13.2. The van der Waals surface area contributed by atoms with Crippen molar-refractivity contribution in [2.24, 2.45) is 9.98 Å². The van der Waals surface area contributed by atoms with Crippen LogP contribution in [0.3, 0.4) is 0 Å². The number of nitrogens with zero attached hydrogens (tertiary/aromatic N) is 2. The van der Waals surface area contributed by atoms with Crippen LogP contribution in [0, 0.1) is 0 Å². The van der Waals surface area contributed by atoms with Crippen molar-refractivity contribution in [3.63, 3.8) is 0 Å². The molecule has 0 spiro atoms. The number of aromatic nitrogens is 1. The normalized spacial score (nSPS) is 16.4. The summed E-state index contributed by atoms with van der Waals surface area (Å²) in [5.74, 6) is 0. The van der Waals surface area contributed by atoms with E-state index < -0.39 is 0 Å². The molecule has 0 radical (unpaired) electrons. The number of nitrogens with two attached hydrogens (primary N) is 4. The number of H-pyrrole nitrogens is 1. The number of hydrogen-bond acceptors (Lipinski definition) is 6. The third-order valence-electron chi connectivity index (χ3n) is 9.96. The summed E-state index contributed by atoms with van der Waals surface area (Å²) in [4.78, 5) is 14.4. The number of rotatable bonds is 4. The standard InChI is InChI=1S/C45H35N7/c46-32-13-5-1-9-28(32)42-26-17-18-27(25-26)43(29-10-2-6-14-33(29)47)37-20-22-39(51-37)45(31-12-4-8-16-35(31)49)41-24-23-40(52-41)44(38-21-19-36(42)50-38)30-11-3-7-15-34(30)48/h1-24,52H,25,46-49H2. The zero-order valence-electron chi connectivity index (χ0n) is 28.3. The van der Waals surface area contributed by atoms with Gasteiger partial charge in [0.15, 0.2) is 0 Å². The Bertz CT molecular complexity index is 2450. The van der Waals surface area contributed by atoms with Crippen LogP contribution >= 0.6 is 0 Å². The number of hydrogen-bond donors (Lipinski definition) is 5. The van der Waals surface area contributed by atoms with E-state index in [1.54, 1.807) is 0 Å². The summed E-state index contributed by atoms with van der Waals surface area (Å²) in [5.41, 5.74) is 43.8. The minimum absolute atomic E-state index is 0.625. The van der Waals surface area contributed by atoms with Crippen molar-refractivity contribution in [3.8, 4) is 0 Å². The maximum atomic E-state index is 6.70. The predicted octanol–water partition coefficient (Wildman–Crippen LogP) is 8.77. The predicted molar refractivity (Wildman–Crippen MR) is 217 cm³/mol. The topological polar surface area (TPSA) is 145 Å². The Hall–Kier alpha value is -7.12. The number of benzene rings is 4. The third kappa shape index (κ3) is 5.15. The molecule has 0 atom stereocenters. The van der Waals surface area contributed by atoms with Crippen LogP contribution < -0.4 is 22.9 Å². The maximum Gasteiger partial charge on any atom is 0.0738 e. The van der Waals surface area contributed by atoms with Gasteiger partial charge in [0.1, 0.15) is 0 Å². The molecule has 0 amide bonds. The van der Waals surface area contributed by atoms with Gasteiger partial charge < -0.3 is 27.9 Å². The molecule has 0 saturated carbocycles. The minimum Gasteiger partial charge on any atom is -0.398 e. The molecule has 4 aromatic carbocycles. The van der Waals surface area contributed by atoms with E-state index in [1.165, 1.54) is 0 Å². The number of nitrogen functional groups attached to an aromatic ring is 4. The lowest BCUT2D eigenvalue weighted by Crippen LogP contribution is -2.06. The molecular weight excluding hydrogens is 639 g/mol. The summed E-state index contributed by atoms with van der Waals surface area (Å²) < 4.78 is 0. The van der Waals surface area contributed by atoms with Gasteiger partial charge in [-0.15, -0.1) is 0 Å². The van der Waals surface area contributed by atoms with Gasteiger partial charge in [0.25, 0.3) is 0 Å². The average Bonchev–Trinajstić information content (AvgIpc) is 3.99. The van der Waals surface area contributed by atoms with E-state index in [0.717, 1.165) is 89.9 Å². The molecule has 4 aliphatic rings. The van der Waals surface area contributed by atoms with Crippen LogP contribution in [0.15, 0.2) is 178 Å². The first-order chi connectivity index (χ1) is 25.4. The first-order valence-corrected chi connectivity index (χ1v) is 17.2. The van der Waals surface area contributed by atoms with Gasteiger partial charge in [-0.1, -0.05) is 84.9 Å². The Kier molecular flexibility index (Phi) is 7.33. The molecule has 4 heterocycles. The monoisotopic (exact) mass is 673 g/mol. The molecule has 9 rings (SSSR count). The van der Waals surface area contributed by atoms with Crippen molar-refractivity contribution in [1.82, 2.24) is 4.98 Å². The van der Waals surface area contributed by atoms with Crippen LogP contribution in [-0.4, -0.2) is 16.4 Å². The molecule has 3 aliphatic heterocycles. The smallest absolute Gasteiger partial charge is 0.0738 e. The van der Waals surface area contributed by atoms with Crippen molar-refractivity contribution in [2.75, 3.05) is 22.9 Å². The van der Waals surface area contributed by atoms with E-state index in [4.69, 9.17) is 32.9 Å². The van der Waals surface area contributed by atoms with Crippen LogP contribution in [0.5, 0.6) is 0 Å². The van der Waals surface area contributed by atoms with Crippen molar-refractivity contribution < 1.29 is 0 Å². The van der Waals surface area contributed by atoms with Crippen molar-refractivity contribution in [2.45, 2.75) is 6.42 Å². The van der Waals surface area contributed by atoms with Gasteiger partial charge in [-0.25, -0.2) is 9.98 Å². The molecule has 9 N–H and O–H groups in total. The van der Waals surface area contributed by atoms with Gasteiger partial charge in [-0.05, 0) is 78.3 Å². The molecule has 7 nitrogen and oxygen atoms in total. The van der Waals surface area contributed by atoms with Crippen molar-refractivity contribution in [3.05, 3.63) is 202 Å². The quantitative estimate of drug-likeness (QED) is 0.121. The van der Waals surface area contributed by atoms with Crippen LogP contribution in [0.2, 0.25) is 0 Å². The minimum atomic E-state index is 0.625. The lowest BCUT2D eigenvalue weighted by Gasteiger charge is -2.16. The molecule has 1 aliphatic carbocycles. The maximum absolute atomic E-state index is 6.70.